The molecule has 5 heteroatoms. The van der Waals surface area contributed by atoms with Gasteiger partial charge < -0.3 is 5.73 Å². The molecule has 2 aromatic rings. The Labute approximate surface area is 101 Å². The van der Waals surface area contributed by atoms with E-state index >= 15 is 0 Å². The van der Waals surface area contributed by atoms with Crippen LogP contribution in [0.4, 0.5) is 0 Å². The first kappa shape index (κ1) is 11.7. The number of hydrogen-bond acceptors (Lipinski definition) is 4. The van der Waals surface area contributed by atoms with Crippen molar-refractivity contribution in [2.45, 2.75) is 32.4 Å². The molecule has 1 atom stereocenters. The van der Waals surface area contributed by atoms with Gasteiger partial charge in [-0.2, -0.15) is 5.10 Å². The van der Waals surface area contributed by atoms with E-state index in [1.165, 1.54) is 6.33 Å². The maximum Gasteiger partial charge on any atom is 0.115 e. The Morgan fingerprint density at radius 3 is 2.59 bits per heavy atom. The van der Waals surface area contributed by atoms with E-state index in [0.29, 0.717) is 12.5 Å². The van der Waals surface area contributed by atoms with Gasteiger partial charge in [0.2, 0.25) is 0 Å². The Hall–Kier alpha value is -1.75. The van der Waals surface area contributed by atoms with E-state index in [9.17, 15) is 0 Å². The van der Waals surface area contributed by atoms with Gasteiger partial charge in [0.25, 0.3) is 0 Å². The summed E-state index contributed by atoms with van der Waals surface area (Å²) >= 11 is 0. The predicted octanol–water partition coefficient (Wildman–Crippen LogP) is 1.50. The summed E-state index contributed by atoms with van der Waals surface area (Å²) in [5, 5.41) is 4.47. The van der Waals surface area contributed by atoms with E-state index in [1.807, 2.05) is 16.9 Å². The molecular formula is C12H17N5. The highest BCUT2D eigenvalue weighted by Gasteiger charge is 2.10. The zero-order valence-electron chi connectivity index (χ0n) is 10.1. The van der Waals surface area contributed by atoms with E-state index in [0.717, 1.165) is 11.3 Å². The fraction of sp³-hybridized carbons (Fsp3) is 0.417. The van der Waals surface area contributed by atoms with Gasteiger partial charge in [0.1, 0.15) is 6.33 Å². The minimum Gasteiger partial charge on any atom is -0.324 e. The molecule has 17 heavy (non-hydrogen) atoms. The molecule has 0 radical (unpaired) electrons. The molecule has 90 valence electrons. The van der Waals surface area contributed by atoms with Crippen molar-refractivity contribution >= 4 is 0 Å². The van der Waals surface area contributed by atoms with Crippen LogP contribution >= 0.6 is 0 Å². The van der Waals surface area contributed by atoms with Crippen molar-refractivity contribution in [3.63, 3.8) is 0 Å². The molecule has 0 aliphatic rings. The van der Waals surface area contributed by atoms with Crippen LogP contribution in [0.15, 0.2) is 31.0 Å². The number of nitrogens with zero attached hydrogens (tertiary/aromatic N) is 4. The molecule has 1 unspecified atom stereocenters. The van der Waals surface area contributed by atoms with Gasteiger partial charge in [-0.05, 0) is 19.9 Å². The highest BCUT2D eigenvalue weighted by molar-refractivity contribution is 5.13. The third-order valence-corrected chi connectivity index (χ3v) is 2.63. The quantitative estimate of drug-likeness (QED) is 0.865. The van der Waals surface area contributed by atoms with Crippen molar-refractivity contribution in [2.75, 3.05) is 0 Å². The Balaban J connectivity index is 2.05. The fourth-order valence-corrected chi connectivity index (χ4v) is 1.62. The summed E-state index contributed by atoms with van der Waals surface area (Å²) in [5.41, 5.74) is 8.02. The van der Waals surface area contributed by atoms with Gasteiger partial charge in [0.15, 0.2) is 0 Å². The summed E-state index contributed by atoms with van der Waals surface area (Å²) in [5.74, 6) is 0. The molecule has 0 aliphatic carbocycles. The largest absolute Gasteiger partial charge is 0.324 e. The SMILES string of the molecule is CC(C)n1ccc(CC(N)c2cncnc2)n1. The van der Waals surface area contributed by atoms with Gasteiger partial charge in [0, 0.05) is 42.7 Å². The standard InChI is InChI=1S/C12H17N5/c1-9(2)17-4-3-11(16-17)5-12(13)10-6-14-8-15-7-10/h3-4,6-9,12H,5,13H2,1-2H3. The van der Waals surface area contributed by atoms with Crippen LogP contribution in [0.25, 0.3) is 0 Å². The maximum absolute atomic E-state index is 6.08. The van der Waals surface area contributed by atoms with Crippen molar-refractivity contribution in [2.24, 2.45) is 5.73 Å². The van der Waals surface area contributed by atoms with Crippen LogP contribution in [0.5, 0.6) is 0 Å². The lowest BCUT2D eigenvalue weighted by Gasteiger charge is -2.09. The summed E-state index contributed by atoms with van der Waals surface area (Å²) in [4.78, 5) is 7.93. The van der Waals surface area contributed by atoms with Gasteiger partial charge in [-0.1, -0.05) is 0 Å². The molecule has 0 saturated heterocycles. The molecule has 0 bridgehead atoms. The van der Waals surface area contributed by atoms with E-state index in [2.05, 4.69) is 28.9 Å². The summed E-state index contributed by atoms with van der Waals surface area (Å²) in [6.45, 7) is 4.20. The second kappa shape index (κ2) is 5.05. The first-order valence-corrected chi connectivity index (χ1v) is 5.71. The summed E-state index contributed by atoms with van der Waals surface area (Å²) in [6, 6.07) is 2.27. The Morgan fingerprint density at radius 1 is 1.29 bits per heavy atom. The molecular weight excluding hydrogens is 214 g/mol. The van der Waals surface area contributed by atoms with Crippen molar-refractivity contribution in [1.29, 1.82) is 0 Å². The van der Waals surface area contributed by atoms with Gasteiger partial charge in [0.05, 0.1) is 5.69 Å². The second-order valence-corrected chi connectivity index (χ2v) is 4.36. The van der Waals surface area contributed by atoms with Crippen molar-refractivity contribution in [3.8, 4) is 0 Å². The van der Waals surface area contributed by atoms with E-state index in [4.69, 9.17) is 5.73 Å². The molecule has 0 amide bonds. The lowest BCUT2D eigenvalue weighted by Crippen LogP contribution is -2.14. The molecule has 2 heterocycles. The van der Waals surface area contributed by atoms with E-state index < -0.39 is 0 Å². The number of aromatic nitrogens is 4. The van der Waals surface area contributed by atoms with E-state index in [-0.39, 0.29) is 6.04 Å². The number of nitrogens with two attached hydrogens (primary N) is 1. The first-order valence-electron chi connectivity index (χ1n) is 5.71. The summed E-state index contributed by atoms with van der Waals surface area (Å²) in [6.07, 6.45) is 7.68. The number of rotatable bonds is 4. The zero-order chi connectivity index (χ0) is 12.3. The molecule has 2 aromatic heterocycles. The van der Waals surface area contributed by atoms with Crippen LogP contribution in [0.2, 0.25) is 0 Å². The highest BCUT2D eigenvalue weighted by atomic mass is 15.3. The third kappa shape index (κ3) is 2.88. The molecule has 0 spiro atoms. The normalized spacial score (nSPS) is 12.9. The van der Waals surface area contributed by atoms with Crippen molar-refractivity contribution in [3.05, 3.63) is 42.2 Å². The maximum atomic E-state index is 6.08. The molecule has 0 aromatic carbocycles. The zero-order valence-corrected chi connectivity index (χ0v) is 10.1. The molecule has 2 N–H and O–H groups in total. The molecule has 2 rings (SSSR count). The van der Waals surface area contributed by atoms with Crippen molar-refractivity contribution < 1.29 is 0 Å². The minimum absolute atomic E-state index is 0.105. The van der Waals surface area contributed by atoms with Gasteiger partial charge in [-0.25, -0.2) is 9.97 Å². The molecule has 0 fully saturated rings. The highest BCUT2D eigenvalue weighted by Crippen LogP contribution is 2.13. The summed E-state index contributed by atoms with van der Waals surface area (Å²) < 4.78 is 1.93. The van der Waals surface area contributed by atoms with Gasteiger partial charge in [-0.3, -0.25) is 4.68 Å². The van der Waals surface area contributed by atoms with Gasteiger partial charge >= 0.3 is 0 Å². The minimum atomic E-state index is -0.105. The third-order valence-electron chi connectivity index (χ3n) is 2.63. The lowest BCUT2D eigenvalue weighted by atomic mass is 10.1. The van der Waals surface area contributed by atoms with Crippen LogP contribution in [-0.2, 0) is 6.42 Å². The lowest BCUT2D eigenvalue weighted by molar-refractivity contribution is 0.522. The van der Waals surface area contributed by atoms with Crippen LogP contribution in [-0.4, -0.2) is 19.7 Å². The topological polar surface area (TPSA) is 69.6 Å². The molecule has 0 saturated carbocycles. The average Bonchev–Trinajstić information content (AvgIpc) is 2.79. The van der Waals surface area contributed by atoms with Crippen LogP contribution in [0, 0.1) is 0 Å². The predicted molar refractivity (Wildman–Crippen MR) is 65.3 cm³/mol. The average molecular weight is 231 g/mol. The second-order valence-electron chi connectivity index (χ2n) is 4.36. The molecule has 0 aliphatic heterocycles. The summed E-state index contributed by atoms with van der Waals surface area (Å²) in [7, 11) is 0. The Morgan fingerprint density at radius 2 is 2.00 bits per heavy atom. The Bertz CT molecular complexity index is 463. The van der Waals surface area contributed by atoms with E-state index in [1.54, 1.807) is 12.4 Å². The monoisotopic (exact) mass is 231 g/mol. The Kier molecular flexibility index (Phi) is 3.49. The fourth-order valence-electron chi connectivity index (χ4n) is 1.62. The number of hydrogen-bond donors (Lipinski definition) is 1. The van der Waals surface area contributed by atoms with Crippen LogP contribution in [0.1, 0.15) is 37.2 Å². The van der Waals surface area contributed by atoms with Crippen LogP contribution in [0.3, 0.4) is 0 Å². The van der Waals surface area contributed by atoms with Crippen LogP contribution < -0.4 is 5.73 Å². The van der Waals surface area contributed by atoms with Gasteiger partial charge in [-0.15, -0.1) is 0 Å². The molecule has 5 nitrogen and oxygen atoms in total. The smallest absolute Gasteiger partial charge is 0.115 e. The van der Waals surface area contributed by atoms with Crippen molar-refractivity contribution in [1.82, 2.24) is 19.7 Å². The first-order chi connectivity index (χ1) is 8.16.